The lowest BCUT2D eigenvalue weighted by atomic mass is 10.2. The van der Waals surface area contributed by atoms with E-state index in [-0.39, 0.29) is 5.91 Å². The predicted molar refractivity (Wildman–Crippen MR) is 126 cm³/mol. The summed E-state index contributed by atoms with van der Waals surface area (Å²) in [5.74, 6) is 2.38. The summed E-state index contributed by atoms with van der Waals surface area (Å²) in [6.45, 7) is 9.91. The average Bonchev–Trinajstić information content (AvgIpc) is 3.33. The fourth-order valence-corrected chi connectivity index (χ4v) is 4.89. The maximum Gasteiger partial charge on any atom is 0.221 e. The first kappa shape index (κ1) is 21.5. The molecule has 0 atom stereocenters. The lowest BCUT2D eigenvalue weighted by molar-refractivity contribution is -0.114. The van der Waals surface area contributed by atoms with Crippen LogP contribution in [0.1, 0.15) is 36.0 Å². The van der Waals surface area contributed by atoms with Crippen LogP contribution in [-0.2, 0) is 11.3 Å². The minimum absolute atomic E-state index is 0.0993. The molecule has 0 saturated carbocycles. The molecule has 0 spiro atoms. The Morgan fingerprint density at radius 2 is 2.03 bits per heavy atom. The molecule has 1 aliphatic heterocycles. The second-order valence-electron chi connectivity index (χ2n) is 7.92. The SMILES string of the molecule is CC(=O)Nc1cccc(OCCNc2nc(CN3CCCC3)nc3sc(C)c(C)c23)c1. The summed E-state index contributed by atoms with van der Waals surface area (Å²) in [7, 11) is 0. The molecule has 1 saturated heterocycles. The van der Waals surface area contributed by atoms with E-state index in [1.165, 1.54) is 30.2 Å². The summed E-state index contributed by atoms with van der Waals surface area (Å²) in [5, 5.41) is 7.35. The number of carbonyl (C=O) groups excluding carboxylic acids is 1. The van der Waals surface area contributed by atoms with Crippen LogP contribution in [0.4, 0.5) is 11.5 Å². The highest BCUT2D eigenvalue weighted by atomic mass is 32.1. The van der Waals surface area contributed by atoms with Gasteiger partial charge in [-0.25, -0.2) is 9.97 Å². The van der Waals surface area contributed by atoms with Gasteiger partial charge >= 0.3 is 0 Å². The Kier molecular flexibility index (Phi) is 6.67. The van der Waals surface area contributed by atoms with Gasteiger partial charge in [0.2, 0.25) is 5.91 Å². The molecule has 2 aromatic heterocycles. The number of amides is 1. The van der Waals surface area contributed by atoms with Crippen molar-refractivity contribution >= 4 is 39.0 Å². The molecule has 7 nitrogen and oxygen atoms in total. The highest BCUT2D eigenvalue weighted by molar-refractivity contribution is 7.18. The highest BCUT2D eigenvalue weighted by Crippen LogP contribution is 2.33. The van der Waals surface area contributed by atoms with Gasteiger partial charge in [0.15, 0.2) is 0 Å². The number of likely N-dealkylation sites (tertiary alicyclic amines) is 1. The molecular weight excluding hydrogens is 410 g/mol. The minimum atomic E-state index is -0.0993. The molecular formula is C23H29N5O2S. The van der Waals surface area contributed by atoms with Gasteiger partial charge in [0, 0.05) is 23.6 Å². The van der Waals surface area contributed by atoms with Gasteiger partial charge in [-0.3, -0.25) is 9.69 Å². The summed E-state index contributed by atoms with van der Waals surface area (Å²) >= 11 is 1.73. The van der Waals surface area contributed by atoms with Crippen LogP contribution in [0.2, 0.25) is 0 Å². The molecule has 3 aromatic rings. The van der Waals surface area contributed by atoms with Gasteiger partial charge in [-0.2, -0.15) is 0 Å². The molecule has 1 aromatic carbocycles. The smallest absolute Gasteiger partial charge is 0.221 e. The minimum Gasteiger partial charge on any atom is -0.492 e. The Labute approximate surface area is 186 Å². The topological polar surface area (TPSA) is 79.4 Å². The quantitative estimate of drug-likeness (QED) is 0.508. The van der Waals surface area contributed by atoms with E-state index in [4.69, 9.17) is 14.7 Å². The van der Waals surface area contributed by atoms with Gasteiger partial charge in [0.25, 0.3) is 0 Å². The largest absolute Gasteiger partial charge is 0.492 e. The predicted octanol–water partition coefficient (Wildman–Crippen LogP) is 4.35. The van der Waals surface area contributed by atoms with Gasteiger partial charge in [-0.1, -0.05) is 6.07 Å². The molecule has 4 rings (SSSR count). The number of nitrogens with one attached hydrogen (secondary N) is 2. The van der Waals surface area contributed by atoms with Crippen LogP contribution in [0.15, 0.2) is 24.3 Å². The fourth-order valence-electron chi connectivity index (χ4n) is 3.84. The van der Waals surface area contributed by atoms with Crippen LogP contribution in [0, 0.1) is 13.8 Å². The molecule has 0 radical (unpaired) electrons. The average molecular weight is 440 g/mol. The number of fused-ring (bicyclic) bond motifs is 1. The first-order chi connectivity index (χ1) is 15.0. The van der Waals surface area contributed by atoms with E-state index in [2.05, 4.69) is 29.4 Å². The number of benzene rings is 1. The van der Waals surface area contributed by atoms with Crippen molar-refractivity contribution in [1.29, 1.82) is 0 Å². The summed E-state index contributed by atoms with van der Waals surface area (Å²) in [5.41, 5.74) is 1.96. The van der Waals surface area contributed by atoms with E-state index >= 15 is 0 Å². The van der Waals surface area contributed by atoms with E-state index < -0.39 is 0 Å². The molecule has 31 heavy (non-hydrogen) atoms. The summed E-state index contributed by atoms with van der Waals surface area (Å²) in [4.78, 5) is 25.7. The number of thiophene rings is 1. The Bertz CT molecular complexity index is 1080. The van der Waals surface area contributed by atoms with E-state index in [1.54, 1.807) is 11.3 Å². The van der Waals surface area contributed by atoms with Crippen LogP contribution >= 0.6 is 11.3 Å². The maximum absolute atomic E-state index is 11.2. The van der Waals surface area contributed by atoms with Crippen molar-refractivity contribution in [3.8, 4) is 5.75 Å². The van der Waals surface area contributed by atoms with Crippen molar-refractivity contribution < 1.29 is 9.53 Å². The third kappa shape index (κ3) is 5.32. The maximum atomic E-state index is 11.2. The molecule has 8 heteroatoms. The molecule has 1 aliphatic rings. The van der Waals surface area contributed by atoms with Gasteiger partial charge in [-0.15, -0.1) is 11.3 Å². The Morgan fingerprint density at radius 1 is 1.23 bits per heavy atom. The second kappa shape index (κ2) is 9.62. The van der Waals surface area contributed by atoms with E-state index in [9.17, 15) is 4.79 Å². The molecule has 164 valence electrons. The van der Waals surface area contributed by atoms with Crippen molar-refractivity contribution in [2.75, 3.05) is 36.9 Å². The number of nitrogens with zero attached hydrogens (tertiary/aromatic N) is 3. The van der Waals surface area contributed by atoms with Crippen LogP contribution in [-0.4, -0.2) is 47.0 Å². The monoisotopic (exact) mass is 439 g/mol. The molecule has 2 N–H and O–H groups in total. The van der Waals surface area contributed by atoms with Crippen LogP contribution in [0.5, 0.6) is 5.75 Å². The first-order valence-electron chi connectivity index (χ1n) is 10.7. The van der Waals surface area contributed by atoms with Crippen molar-refractivity contribution in [3.05, 3.63) is 40.5 Å². The van der Waals surface area contributed by atoms with Crippen molar-refractivity contribution in [2.24, 2.45) is 0 Å². The lowest BCUT2D eigenvalue weighted by Crippen LogP contribution is -2.21. The van der Waals surface area contributed by atoms with Crippen molar-refractivity contribution in [1.82, 2.24) is 14.9 Å². The van der Waals surface area contributed by atoms with Gasteiger partial charge < -0.3 is 15.4 Å². The zero-order valence-corrected chi connectivity index (χ0v) is 19.1. The van der Waals surface area contributed by atoms with Gasteiger partial charge in [0.1, 0.15) is 28.8 Å². The molecule has 0 unspecified atom stereocenters. The van der Waals surface area contributed by atoms with Crippen LogP contribution in [0.25, 0.3) is 10.2 Å². The second-order valence-corrected chi connectivity index (χ2v) is 9.12. The number of anilines is 2. The summed E-state index contributed by atoms with van der Waals surface area (Å²) < 4.78 is 5.87. The van der Waals surface area contributed by atoms with E-state index in [0.29, 0.717) is 13.2 Å². The third-order valence-electron chi connectivity index (χ3n) is 5.46. The molecule has 3 heterocycles. The standard InChI is InChI=1S/C23H29N5O2S/c1-15-16(2)31-23-21(15)22(26-20(27-23)14-28-10-4-5-11-28)24-9-12-30-19-8-6-7-18(13-19)25-17(3)29/h6-8,13H,4-5,9-12,14H2,1-3H3,(H,25,29)(H,24,26,27). The lowest BCUT2D eigenvalue weighted by Gasteiger charge is -2.15. The summed E-state index contributed by atoms with van der Waals surface area (Å²) in [6.07, 6.45) is 2.51. The number of aromatic nitrogens is 2. The van der Waals surface area contributed by atoms with E-state index in [1.807, 2.05) is 24.3 Å². The molecule has 1 amide bonds. The van der Waals surface area contributed by atoms with Crippen LogP contribution in [0.3, 0.4) is 0 Å². The van der Waals surface area contributed by atoms with Crippen molar-refractivity contribution in [3.63, 3.8) is 0 Å². The highest BCUT2D eigenvalue weighted by Gasteiger charge is 2.18. The Balaban J connectivity index is 1.44. The normalized spacial score (nSPS) is 14.2. The summed E-state index contributed by atoms with van der Waals surface area (Å²) in [6, 6.07) is 7.41. The molecule has 0 aliphatic carbocycles. The Hall–Kier alpha value is -2.71. The van der Waals surface area contributed by atoms with Gasteiger partial charge in [0.05, 0.1) is 18.5 Å². The number of aryl methyl sites for hydroxylation is 2. The van der Waals surface area contributed by atoms with Crippen LogP contribution < -0.4 is 15.4 Å². The van der Waals surface area contributed by atoms with Gasteiger partial charge in [-0.05, 0) is 57.5 Å². The third-order valence-corrected chi connectivity index (χ3v) is 6.56. The first-order valence-corrected chi connectivity index (χ1v) is 11.5. The Morgan fingerprint density at radius 3 is 2.81 bits per heavy atom. The zero-order valence-electron chi connectivity index (χ0n) is 18.3. The number of hydrogen-bond donors (Lipinski definition) is 2. The molecule has 1 fully saturated rings. The number of rotatable bonds is 8. The fraction of sp³-hybridized carbons (Fsp3) is 0.435. The number of carbonyl (C=O) groups is 1. The van der Waals surface area contributed by atoms with E-state index in [0.717, 1.165) is 52.9 Å². The zero-order chi connectivity index (χ0) is 21.8. The van der Waals surface area contributed by atoms with Crippen molar-refractivity contribution in [2.45, 2.75) is 40.2 Å². The molecule has 0 bridgehead atoms. The number of hydrogen-bond acceptors (Lipinski definition) is 7. The number of ether oxygens (including phenoxy) is 1.